The second-order valence-corrected chi connectivity index (χ2v) is 10.1. The van der Waals surface area contributed by atoms with Gasteiger partial charge in [0.25, 0.3) is 5.91 Å². The van der Waals surface area contributed by atoms with E-state index in [0.29, 0.717) is 59.2 Å². The first-order chi connectivity index (χ1) is 18.3. The maximum atomic E-state index is 13.3. The summed E-state index contributed by atoms with van der Waals surface area (Å²) in [6.45, 7) is 6.34. The van der Waals surface area contributed by atoms with Gasteiger partial charge < -0.3 is 19.5 Å². The van der Waals surface area contributed by atoms with E-state index in [1.54, 1.807) is 48.5 Å². The third-order valence-corrected chi connectivity index (χ3v) is 6.95. The Hall–Kier alpha value is -4.10. The average molecular weight is 530 g/mol. The van der Waals surface area contributed by atoms with Crippen LogP contribution in [0.1, 0.15) is 24.2 Å². The number of anilines is 2. The predicted octanol–water partition coefficient (Wildman–Crippen LogP) is 5.67. The minimum atomic E-state index is -0.464. The summed E-state index contributed by atoms with van der Waals surface area (Å²) in [4.78, 5) is 42.4. The lowest BCUT2D eigenvalue weighted by Gasteiger charge is -2.37. The van der Waals surface area contributed by atoms with Crippen molar-refractivity contribution in [2.24, 2.45) is 5.92 Å². The van der Waals surface area contributed by atoms with E-state index in [-0.39, 0.29) is 17.7 Å². The number of hydrogen-bond acceptors (Lipinski definition) is 5. The Morgan fingerprint density at radius 3 is 2.45 bits per heavy atom. The molecule has 1 fully saturated rings. The number of carbonyl (C=O) groups excluding carboxylic acids is 2. The van der Waals surface area contributed by atoms with Gasteiger partial charge in [-0.1, -0.05) is 55.8 Å². The standard InChI is InChI=1S/C30H28ClN3O4/c1-19(2)29(36)34-14-12-33(13-15-34)26-11-10-23(31)18-25(26)32-28(35)22-8-5-7-20(16-22)24-17-21-6-3-4-9-27(21)38-30(24)37/h3-11,16-19H,12-15H2,1-2H3,(H,32,35). The summed E-state index contributed by atoms with van der Waals surface area (Å²) in [6, 6.07) is 21.4. The second-order valence-electron chi connectivity index (χ2n) is 9.65. The summed E-state index contributed by atoms with van der Waals surface area (Å²) in [5, 5.41) is 4.29. The number of benzene rings is 3. The van der Waals surface area contributed by atoms with E-state index in [0.717, 1.165) is 11.1 Å². The summed E-state index contributed by atoms with van der Waals surface area (Å²) in [6.07, 6.45) is 0. The fraction of sp³-hybridized carbons (Fsp3) is 0.233. The summed E-state index contributed by atoms with van der Waals surface area (Å²) in [5.41, 5.74) is 2.84. The van der Waals surface area contributed by atoms with Gasteiger partial charge in [0.1, 0.15) is 5.58 Å². The van der Waals surface area contributed by atoms with Crippen LogP contribution in [-0.2, 0) is 4.79 Å². The Morgan fingerprint density at radius 2 is 1.68 bits per heavy atom. The molecule has 4 aromatic rings. The summed E-state index contributed by atoms with van der Waals surface area (Å²) < 4.78 is 5.47. The van der Waals surface area contributed by atoms with E-state index in [2.05, 4.69) is 10.2 Å². The maximum absolute atomic E-state index is 13.3. The van der Waals surface area contributed by atoms with Crippen molar-refractivity contribution in [3.63, 3.8) is 0 Å². The first-order valence-corrected chi connectivity index (χ1v) is 13.0. The summed E-state index contributed by atoms with van der Waals surface area (Å²) >= 11 is 6.29. The van der Waals surface area contributed by atoms with Crippen LogP contribution in [-0.4, -0.2) is 42.9 Å². The molecule has 38 heavy (non-hydrogen) atoms. The highest BCUT2D eigenvalue weighted by Gasteiger charge is 2.24. The van der Waals surface area contributed by atoms with Crippen LogP contribution < -0.4 is 15.8 Å². The van der Waals surface area contributed by atoms with Gasteiger partial charge in [0.2, 0.25) is 5.91 Å². The molecule has 0 unspecified atom stereocenters. The Morgan fingerprint density at radius 1 is 0.921 bits per heavy atom. The van der Waals surface area contributed by atoms with E-state index >= 15 is 0 Å². The Bertz CT molecular complexity index is 1570. The quantitative estimate of drug-likeness (QED) is 0.337. The third kappa shape index (κ3) is 5.29. The first kappa shape index (κ1) is 25.5. The molecular weight excluding hydrogens is 502 g/mol. The van der Waals surface area contributed by atoms with Crippen LogP contribution in [0.3, 0.4) is 0 Å². The maximum Gasteiger partial charge on any atom is 0.344 e. The van der Waals surface area contributed by atoms with Gasteiger partial charge in [0.05, 0.1) is 16.9 Å². The van der Waals surface area contributed by atoms with Gasteiger partial charge in [-0.2, -0.15) is 0 Å². The number of amides is 2. The van der Waals surface area contributed by atoms with Crippen LogP contribution in [0.2, 0.25) is 5.02 Å². The van der Waals surface area contributed by atoms with E-state index in [4.69, 9.17) is 16.0 Å². The number of hydrogen-bond donors (Lipinski definition) is 1. The monoisotopic (exact) mass is 529 g/mol. The molecule has 1 N–H and O–H groups in total. The molecule has 1 saturated heterocycles. The second kappa shape index (κ2) is 10.7. The summed E-state index contributed by atoms with van der Waals surface area (Å²) in [7, 11) is 0. The lowest BCUT2D eigenvalue weighted by atomic mass is 10.0. The molecule has 1 aromatic heterocycles. The number of fused-ring (bicyclic) bond motifs is 1. The molecular formula is C30H28ClN3O4. The van der Waals surface area contributed by atoms with Gasteiger partial charge in [-0.3, -0.25) is 9.59 Å². The molecule has 1 aliphatic heterocycles. The van der Waals surface area contributed by atoms with E-state index in [1.165, 1.54) is 0 Å². The lowest BCUT2D eigenvalue weighted by Crippen LogP contribution is -2.50. The van der Waals surface area contributed by atoms with E-state index < -0.39 is 5.63 Å². The molecule has 0 spiro atoms. The van der Waals surface area contributed by atoms with E-state index in [9.17, 15) is 14.4 Å². The number of nitrogens with one attached hydrogen (secondary N) is 1. The minimum absolute atomic E-state index is 0.0383. The fourth-order valence-electron chi connectivity index (χ4n) is 4.70. The molecule has 0 aliphatic carbocycles. The first-order valence-electron chi connectivity index (χ1n) is 12.6. The van der Waals surface area contributed by atoms with Gasteiger partial charge >= 0.3 is 5.63 Å². The van der Waals surface area contributed by atoms with Crippen molar-refractivity contribution in [3.05, 3.63) is 93.8 Å². The van der Waals surface area contributed by atoms with Crippen molar-refractivity contribution in [2.45, 2.75) is 13.8 Å². The van der Waals surface area contributed by atoms with Crippen molar-refractivity contribution in [2.75, 3.05) is 36.4 Å². The highest BCUT2D eigenvalue weighted by molar-refractivity contribution is 6.31. The highest BCUT2D eigenvalue weighted by atomic mass is 35.5. The number of para-hydroxylation sites is 1. The van der Waals surface area contributed by atoms with Crippen LogP contribution in [0.5, 0.6) is 0 Å². The van der Waals surface area contributed by atoms with Crippen LogP contribution >= 0.6 is 11.6 Å². The Labute approximate surface area is 225 Å². The molecule has 0 radical (unpaired) electrons. The molecule has 8 heteroatoms. The lowest BCUT2D eigenvalue weighted by molar-refractivity contribution is -0.134. The zero-order chi connectivity index (χ0) is 26.8. The Kier molecular flexibility index (Phi) is 7.20. The summed E-state index contributed by atoms with van der Waals surface area (Å²) in [5.74, 6) is -0.215. The van der Waals surface area contributed by atoms with Crippen molar-refractivity contribution in [1.29, 1.82) is 0 Å². The van der Waals surface area contributed by atoms with Gasteiger partial charge in [-0.05, 0) is 48.0 Å². The molecule has 1 aliphatic rings. The SMILES string of the molecule is CC(C)C(=O)N1CCN(c2ccc(Cl)cc2NC(=O)c2cccc(-c3cc4ccccc4oc3=O)c2)CC1. The molecule has 0 atom stereocenters. The van der Waals surface area contributed by atoms with Crippen molar-refractivity contribution < 1.29 is 14.0 Å². The van der Waals surface area contributed by atoms with Crippen LogP contribution in [0, 0.1) is 5.92 Å². The molecule has 0 bridgehead atoms. The van der Waals surface area contributed by atoms with Crippen molar-refractivity contribution in [1.82, 2.24) is 4.90 Å². The predicted molar refractivity (Wildman–Crippen MR) is 151 cm³/mol. The van der Waals surface area contributed by atoms with Crippen molar-refractivity contribution in [3.8, 4) is 11.1 Å². The molecule has 2 heterocycles. The van der Waals surface area contributed by atoms with Gasteiger partial charge in [0, 0.05) is 48.1 Å². The van der Waals surface area contributed by atoms with Gasteiger partial charge in [-0.15, -0.1) is 0 Å². The van der Waals surface area contributed by atoms with Crippen LogP contribution in [0.25, 0.3) is 22.1 Å². The normalized spacial score (nSPS) is 13.7. The number of piperazine rings is 1. The molecule has 0 saturated carbocycles. The van der Waals surface area contributed by atoms with Crippen LogP contribution in [0.4, 0.5) is 11.4 Å². The molecule has 5 rings (SSSR count). The van der Waals surface area contributed by atoms with Crippen LogP contribution in [0.15, 0.2) is 82.0 Å². The topological polar surface area (TPSA) is 82.9 Å². The fourth-order valence-corrected chi connectivity index (χ4v) is 4.87. The smallest absolute Gasteiger partial charge is 0.344 e. The van der Waals surface area contributed by atoms with Gasteiger partial charge in [0.15, 0.2) is 0 Å². The average Bonchev–Trinajstić information content (AvgIpc) is 2.92. The number of carbonyl (C=O) groups is 2. The highest BCUT2D eigenvalue weighted by Crippen LogP contribution is 2.31. The largest absolute Gasteiger partial charge is 0.422 e. The zero-order valence-corrected chi connectivity index (χ0v) is 22.0. The Balaban J connectivity index is 1.38. The zero-order valence-electron chi connectivity index (χ0n) is 21.2. The molecule has 194 valence electrons. The molecule has 2 amide bonds. The number of halogens is 1. The molecule has 3 aromatic carbocycles. The number of nitrogens with zero attached hydrogens (tertiary/aromatic N) is 2. The van der Waals surface area contributed by atoms with E-state index in [1.807, 2.05) is 43.0 Å². The van der Waals surface area contributed by atoms with Crippen molar-refractivity contribution >= 4 is 45.8 Å². The minimum Gasteiger partial charge on any atom is -0.422 e. The third-order valence-electron chi connectivity index (χ3n) is 6.71. The number of rotatable bonds is 5. The van der Waals surface area contributed by atoms with Gasteiger partial charge in [-0.25, -0.2) is 4.79 Å². The molecule has 7 nitrogen and oxygen atoms in total.